The largest absolute Gasteiger partial charge is 0.354 e. The number of hydrogen-bond acceptors (Lipinski definition) is 9. The van der Waals surface area contributed by atoms with Crippen molar-refractivity contribution >= 4 is 39.0 Å². The number of amides is 2. The number of rotatable bonds is 6. The normalized spacial score (nSPS) is 22.1. The van der Waals surface area contributed by atoms with E-state index in [2.05, 4.69) is 25.8 Å². The lowest BCUT2D eigenvalue weighted by Crippen LogP contribution is -2.28. The van der Waals surface area contributed by atoms with Gasteiger partial charge < -0.3 is 20.9 Å². The first-order valence-electron chi connectivity index (χ1n) is 12.4. The van der Waals surface area contributed by atoms with Gasteiger partial charge in [-0.25, -0.2) is 13.4 Å². The summed E-state index contributed by atoms with van der Waals surface area (Å²) in [6.45, 7) is -1.52. The lowest BCUT2D eigenvalue weighted by molar-refractivity contribution is -0.117. The smallest absolute Gasteiger partial charge is 0.273 e. The van der Waals surface area contributed by atoms with Crippen LogP contribution in [0, 0.1) is 11.3 Å². The van der Waals surface area contributed by atoms with Gasteiger partial charge in [0.1, 0.15) is 10.7 Å². The second-order valence-electron chi connectivity index (χ2n) is 9.38. The Labute approximate surface area is 201 Å². The summed E-state index contributed by atoms with van der Waals surface area (Å²) in [7, 11) is -1.82. The highest BCUT2D eigenvalue weighted by Crippen LogP contribution is 2.70. The van der Waals surface area contributed by atoms with Crippen LogP contribution >= 0.6 is 0 Å². The minimum Gasteiger partial charge on any atom is -0.354 e. The standard InChI is InChI=1S/C22H27N7O4S/c1-23-21(31)18-15(9-17(27-28-18)26-20(30)13-10-22(13)5-6-22)25-19-16(34(3,32)33)8-12-11-29(2)7-4-14(12)24-19/h8-9,13H,4-7,10-11H2,1-3H3,(H,23,31)(H2,24,25,26,27,30)/t13-/m1/s1/i1D3. The van der Waals surface area contributed by atoms with Crippen molar-refractivity contribution in [3.8, 4) is 0 Å². The Morgan fingerprint density at radius 3 is 2.74 bits per heavy atom. The van der Waals surface area contributed by atoms with E-state index >= 15 is 0 Å². The molecule has 0 radical (unpaired) electrons. The predicted octanol–water partition coefficient (Wildman–Crippen LogP) is 1.10. The van der Waals surface area contributed by atoms with Crippen LogP contribution in [-0.4, -0.2) is 67.1 Å². The number of aromatic nitrogens is 3. The number of carbonyl (C=O) groups is 2. The lowest BCUT2D eigenvalue weighted by atomic mass is 10.1. The third-order valence-corrected chi connectivity index (χ3v) is 7.86. The van der Waals surface area contributed by atoms with Crippen LogP contribution in [0.3, 0.4) is 0 Å². The molecule has 2 amide bonds. The maximum absolute atomic E-state index is 12.7. The second-order valence-corrected chi connectivity index (χ2v) is 11.4. The van der Waals surface area contributed by atoms with Crippen LogP contribution in [0.5, 0.6) is 0 Å². The Hall–Kier alpha value is -3.12. The molecule has 0 bridgehead atoms. The molecule has 0 aromatic carbocycles. The van der Waals surface area contributed by atoms with Crippen LogP contribution in [-0.2, 0) is 27.6 Å². The number of carbonyl (C=O) groups excluding carboxylic acids is 2. The number of nitrogens with zero attached hydrogens (tertiary/aromatic N) is 4. The quantitative estimate of drug-likeness (QED) is 0.544. The van der Waals surface area contributed by atoms with Gasteiger partial charge in [0, 0.05) is 54.5 Å². The van der Waals surface area contributed by atoms with Gasteiger partial charge in [-0.2, -0.15) is 0 Å². The van der Waals surface area contributed by atoms with Gasteiger partial charge in [-0.1, -0.05) is 0 Å². The average Bonchev–Trinajstić information content (AvgIpc) is 3.70. The van der Waals surface area contributed by atoms with Gasteiger partial charge in [-0.3, -0.25) is 9.59 Å². The van der Waals surface area contributed by atoms with E-state index in [0.717, 1.165) is 37.6 Å². The first-order valence-corrected chi connectivity index (χ1v) is 12.8. The van der Waals surface area contributed by atoms with E-state index in [1.165, 1.54) is 6.07 Å². The van der Waals surface area contributed by atoms with E-state index in [1.807, 2.05) is 17.3 Å². The molecule has 180 valence electrons. The number of anilines is 3. The number of sulfone groups is 1. The van der Waals surface area contributed by atoms with Crippen LogP contribution in [0.2, 0.25) is 0 Å². The van der Waals surface area contributed by atoms with Crippen LogP contribution in [0.1, 0.15) is 45.1 Å². The fourth-order valence-electron chi connectivity index (χ4n) is 4.51. The summed E-state index contributed by atoms with van der Waals surface area (Å²) in [5.74, 6) is -1.33. The molecule has 11 nitrogen and oxygen atoms in total. The highest BCUT2D eigenvalue weighted by Gasteiger charge is 2.65. The molecule has 1 atom stereocenters. The molecule has 1 aliphatic heterocycles. The summed E-state index contributed by atoms with van der Waals surface area (Å²) >= 11 is 0. The predicted molar refractivity (Wildman–Crippen MR) is 124 cm³/mol. The summed E-state index contributed by atoms with van der Waals surface area (Å²) in [6.07, 6.45) is 4.51. The number of nitrogens with one attached hydrogen (secondary N) is 3. The van der Waals surface area contributed by atoms with Crippen LogP contribution in [0.15, 0.2) is 17.0 Å². The molecule has 34 heavy (non-hydrogen) atoms. The lowest BCUT2D eigenvalue weighted by Gasteiger charge is -2.25. The first kappa shape index (κ1) is 19.2. The number of fused-ring (bicyclic) bond motifs is 1. The molecule has 3 N–H and O–H groups in total. The van der Waals surface area contributed by atoms with E-state index in [9.17, 15) is 18.0 Å². The topological polar surface area (TPSA) is 146 Å². The van der Waals surface area contributed by atoms with Crippen molar-refractivity contribution in [3.63, 3.8) is 0 Å². The van der Waals surface area contributed by atoms with Crippen LogP contribution in [0.25, 0.3) is 0 Å². The molecule has 2 aliphatic carbocycles. The van der Waals surface area contributed by atoms with E-state index in [0.29, 0.717) is 18.7 Å². The Morgan fingerprint density at radius 1 is 1.26 bits per heavy atom. The molecule has 2 aromatic heterocycles. The van der Waals surface area contributed by atoms with Crippen molar-refractivity contribution < 1.29 is 22.1 Å². The van der Waals surface area contributed by atoms with Crippen molar-refractivity contribution in [2.75, 3.05) is 37.5 Å². The molecular weight excluding hydrogens is 458 g/mol. The maximum Gasteiger partial charge on any atom is 0.273 e. The zero-order valence-corrected chi connectivity index (χ0v) is 19.6. The van der Waals surface area contributed by atoms with Gasteiger partial charge in [0.15, 0.2) is 21.3 Å². The molecule has 3 aliphatic rings. The fraction of sp³-hybridized carbons (Fsp3) is 0.500. The number of pyridine rings is 1. The van der Waals surface area contributed by atoms with E-state index < -0.39 is 28.4 Å². The van der Waals surface area contributed by atoms with E-state index in [1.54, 1.807) is 6.07 Å². The van der Waals surface area contributed by atoms with Gasteiger partial charge in [-0.15, -0.1) is 10.2 Å². The van der Waals surface area contributed by atoms with Crippen molar-refractivity contribution in [3.05, 3.63) is 29.1 Å². The third kappa shape index (κ3) is 4.23. The molecule has 2 fully saturated rings. The zero-order valence-electron chi connectivity index (χ0n) is 21.8. The molecule has 12 heteroatoms. The Bertz CT molecular complexity index is 1410. The summed E-state index contributed by atoms with van der Waals surface area (Å²) in [5, 5.41) is 15.2. The molecular formula is C22H27N7O4S. The SMILES string of the molecule is [2H]C([2H])([2H])NC(=O)c1nnc(NC(=O)[C@H]2CC23CC3)cc1Nc1nc2c(cc1S(C)(=O)=O)CN(C)CC2. The van der Waals surface area contributed by atoms with Gasteiger partial charge in [0.2, 0.25) is 5.91 Å². The minimum atomic E-state index is -3.74. The van der Waals surface area contributed by atoms with Gasteiger partial charge in [0.25, 0.3) is 5.91 Å². The van der Waals surface area contributed by atoms with Gasteiger partial charge in [0.05, 0.1) is 5.69 Å². The Kier molecular flexibility index (Phi) is 4.51. The fourth-order valence-corrected chi connectivity index (χ4v) is 5.32. The summed E-state index contributed by atoms with van der Waals surface area (Å²) < 4.78 is 47.3. The number of hydrogen-bond donors (Lipinski definition) is 3. The number of likely N-dealkylation sites (N-methyl/N-ethyl adjacent to an activating group) is 1. The highest BCUT2D eigenvalue weighted by molar-refractivity contribution is 7.90. The van der Waals surface area contributed by atoms with Gasteiger partial charge >= 0.3 is 0 Å². The Morgan fingerprint density at radius 2 is 2.06 bits per heavy atom. The molecule has 1 spiro atoms. The second kappa shape index (κ2) is 7.98. The molecule has 3 heterocycles. The molecule has 2 saturated carbocycles. The van der Waals surface area contributed by atoms with Crippen LogP contribution in [0.4, 0.5) is 17.3 Å². The zero-order chi connectivity index (χ0) is 26.8. The average molecular weight is 489 g/mol. The minimum absolute atomic E-state index is 0.0295. The van der Waals surface area contributed by atoms with E-state index in [-0.39, 0.29) is 39.5 Å². The molecule has 2 aromatic rings. The summed E-state index contributed by atoms with van der Waals surface area (Å²) in [6, 6.07) is 2.87. The van der Waals surface area contributed by atoms with Crippen molar-refractivity contribution in [2.45, 2.75) is 37.1 Å². The maximum atomic E-state index is 12.7. The first-order chi connectivity index (χ1) is 17.2. The highest BCUT2D eigenvalue weighted by atomic mass is 32.2. The van der Waals surface area contributed by atoms with Crippen LogP contribution < -0.4 is 16.0 Å². The van der Waals surface area contributed by atoms with E-state index in [4.69, 9.17) is 4.11 Å². The van der Waals surface area contributed by atoms with Crippen molar-refractivity contribution in [1.82, 2.24) is 25.4 Å². The Balaban J connectivity index is 1.52. The molecule has 0 unspecified atom stereocenters. The van der Waals surface area contributed by atoms with Gasteiger partial charge in [-0.05, 0) is 43.4 Å². The summed E-state index contributed by atoms with van der Waals surface area (Å²) in [4.78, 5) is 31.9. The third-order valence-electron chi connectivity index (χ3n) is 6.75. The monoisotopic (exact) mass is 488 g/mol. The van der Waals surface area contributed by atoms with Crippen molar-refractivity contribution in [2.24, 2.45) is 11.3 Å². The summed E-state index contributed by atoms with van der Waals surface area (Å²) in [5.41, 5.74) is 1.16. The molecule has 0 saturated heterocycles. The molecule has 5 rings (SSSR count). The van der Waals surface area contributed by atoms with Crippen molar-refractivity contribution in [1.29, 1.82) is 0 Å².